The largest absolute Gasteiger partial charge is 0.398 e. The first-order valence-electron chi connectivity index (χ1n) is 4.92. The van der Waals surface area contributed by atoms with Crippen LogP contribution in [-0.4, -0.2) is 0 Å². The molecule has 19 heavy (non-hydrogen) atoms. The number of nitrogens with two attached hydrogens (primary N) is 1. The van der Waals surface area contributed by atoms with Crippen LogP contribution in [0.1, 0.15) is 0 Å². The molecule has 0 aliphatic rings. The van der Waals surface area contributed by atoms with Crippen molar-refractivity contribution in [3.63, 3.8) is 0 Å². The lowest BCUT2D eigenvalue weighted by atomic mass is 10.0. The monoisotopic (exact) mass is 373 g/mol. The van der Waals surface area contributed by atoms with Crippen molar-refractivity contribution in [1.29, 1.82) is 0 Å². The number of halogens is 6. The molecule has 0 aromatic heterocycles. The minimum atomic E-state index is 0.0992. The van der Waals surface area contributed by atoms with Gasteiger partial charge < -0.3 is 5.73 Å². The molecule has 2 aromatic rings. The molecule has 0 aliphatic carbocycles. The Bertz CT molecular complexity index is 639. The highest BCUT2D eigenvalue weighted by molar-refractivity contribution is 6.56. The maximum atomic E-state index is 6.18. The molecule has 0 amide bonds. The molecule has 0 atom stereocenters. The molecule has 0 saturated heterocycles. The van der Waals surface area contributed by atoms with Crippen molar-refractivity contribution in [2.24, 2.45) is 0 Å². The van der Waals surface area contributed by atoms with Crippen molar-refractivity contribution in [3.8, 4) is 11.1 Å². The summed E-state index contributed by atoms with van der Waals surface area (Å²) in [6.45, 7) is 0. The van der Waals surface area contributed by atoms with E-state index in [0.717, 1.165) is 0 Å². The summed E-state index contributed by atoms with van der Waals surface area (Å²) in [5, 5.41) is 1.00. The Morgan fingerprint density at radius 2 is 1.11 bits per heavy atom. The Balaban J connectivity index is 2.87. The van der Waals surface area contributed by atoms with Crippen LogP contribution >= 0.6 is 69.6 Å². The third-order valence-electron chi connectivity index (χ3n) is 2.51. The Morgan fingerprint density at radius 1 is 0.632 bits per heavy atom. The highest BCUT2D eigenvalue weighted by Gasteiger charge is 2.22. The van der Waals surface area contributed by atoms with Crippen molar-refractivity contribution in [3.05, 3.63) is 48.3 Å². The average Bonchev–Trinajstić information content (AvgIpc) is 2.39. The SMILES string of the molecule is Nc1cccc(-c2c(Cl)c(Cl)c(Cl)c(Cl)c2Cl)c1Cl. The Labute approximate surface area is 140 Å². The molecule has 0 radical (unpaired) electrons. The van der Waals surface area contributed by atoms with Gasteiger partial charge in [-0.3, -0.25) is 0 Å². The zero-order chi connectivity index (χ0) is 14.3. The van der Waals surface area contributed by atoms with Gasteiger partial charge in [-0.1, -0.05) is 81.7 Å². The van der Waals surface area contributed by atoms with E-state index in [4.69, 9.17) is 75.3 Å². The van der Waals surface area contributed by atoms with Crippen LogP contribution in [0, 0.1) is 0 Å². The molecule has 0 bridgehead atoms. The normalized spacial score (nSPS) is 10.8. The smallest absolute Gasteiger partial charge is 0.0809 e. The number of benzene rings is 2. The maximum Gasteiger partial charge on any atom is 0.0809 e. The highest BCUT2D eigenvalue weighted by Crippen LogP contribution is 2.50. The van der Waals surface area contributed by atoms with Crippen molar-refractivity contribution in [2.45, 2.75) is 0 Å². The second-order valence-corrected chi connectivity index (χ2v) is 5.92. The predicted molar refractivity (Wildman–Crippen MR) is 86.4 cm³/mol. The summed E-state index contributed by atoms with van der Waals surface area (Å²) in [5.74, 6) is 0. The first-order valence-corrected chi connectivity index (χ1v) is 7.18. The molecule has 0 unspecified atom stereocenters. The number of rotatable bonds is 1. The van der Waals surface area contributed by atoms with Crippen LogP contribution in [0.3, 0.4) is 0 Å². The molecule has 100 valence electrons. The van der Waals surface area contributed by atoms with E-state index in [1.807, 2.05) is 0 Å². The van der Waals surface area contributed by atoms with Gasteiger partial charge in [0.15, 0.2) is 0 Å². The number of hydrogen-bond donors (Lipinski definition) is 1. The van der Waals surface area contributed by atoms with Gasteiger partial charge in [-0.05, 0) is 6.07 Å². The first-order chi connectivity index (χ1) is 8.86. The van der Waals surface area contributed by atoms with E-state index < -0.39 is 0 Å². The lowest BCUT2D eigenvalue weighted by molar-refractivity contribution is 1.60. The van der Waals surface area contributed by atoms with E-state index in [0.29, 0.717) is 21.8 Å². The summed E-state index contributed by atoms with van der Waals surface area (Å²) in [5.41, 5.74) is 7.09. The lowest BCUT2D eigenvalue weighted by Crippen LogP contribution is -1.91. The van der Waals surface area contributed by atoms with Gasteiger partial charge in [0.05, 0.1) is 35.8 Å². The molecule has 0 aliphatic heterocycles. The van der Waals surface area contributed by atoms with Crippen molar-refractivity contribution >= 4 is 75.3 Å². The molecule has 0 fully saturated rings. The number of hydrogen-bond acceptors (Lipinski definition) is 1. The number of anilines is 1. The fourth-order valence-corrected chi connectivity index (χ4v) is 3.15. The van der Waals surface area contributed by atoms with Crippen molar-refractivity contribution < 1.29 is 0 Å². The molecule has 2 N–H and O–H groups in total. The number of nitrogen functional groups attached to an aromatic ring is 1. The van der Waals surface area contributed by atoms with Gasteiger partial charge in [-0.15, -0.1) is 0 Å². The highest BCUT2D eigenvalue weighted by atomic mass is 35.5. The van der Waals surface area contributed by atoms with E-state index in [1.165, 1.54) is 0 Å². The van der Waals surface area contributed by atoms with E-state index in [-0.39, 0.29) is 25.1 Å². The fourth-order valence-electron chi connectivity index (χ4n) is 1.58. The molecular weight excluding hydrogens is 371 g/mol. The van der Waals surface area contributed by atoms with E-state index in [1.54, 1.807) is 18.2 Å². The van der Waals surface area contributed by atoms with E-state index in [2.05, 4.69) is 0 Å². The van der Waals surface area contributed by atoms with Crippen LogP contribution in [-0.2, 0) is 0 Å². The van der Waals surface area contributed by atoms with Crippen molar-refractivity contribution in [1.82, 2.24) is 0 Å². The standard InChI is InChI=1S/C12H5Cl6N/c13-7-4(2-1-3-5(7)19)6-8(14)10(16)12(18)11(17)9(6)15/h1-3H,19H2. The van der Waals surface area contributed by atoms with Crippen LogP contribution in [0.25, 0.3) is 11.1 Å². The molecule has 1 nitrogen and oxygen atoms in total. The fraction of sp³-hybridized carbons (Fsp3) is 0. The molecule has 0 heterocycles. The van der Waals surface area contributed by atoms with Crippen molar-refractivity contribution in [2.75, 3.05) is 5.73 Å². The van der Waals surface area contributed by atoms with Gasteiger partial charge in [0, 0.05) is 11.1 Å². The Morgan fingerprint density at radius 3 is 1.63 bits per heavy atom. The van der Waals surface area contributed by atoms with E-state index in [9.17, 15) is 0 Å². The third kappa shape index (κ3) is 2.61. The van der Waals surface area contributed by atoms with Crippen LogP contribution in [0.5, 0.6) is 0 Å². The Kier molecular flexibility index (Phi) is 4.67. The summed E-state index contributed by atoms with van der Waals surface area (Å²) in [6, 6.07) is 5.10. The third-order valence-corrected chi connectivity index (χ3v) is 5.21. The van der Waals surface area contributed by atoms with E-state index >= 15 is 0 Å². The van der Waals surface area contributed by atoms with Crippen LogP contribution < -0.4 is 5.73 Å². The van der Waals surface area contributed by atoms with Crippen LogP contribution in [0.2, 0.25) is 30.1 Å². The summed E-state index contributed by atoms with van der Waals surface area (Å²) in [7, 11) is 0. The summed E-state index contributed by atoms with van der Waals surface area (Å²) < 4.78 is 0. The molecule has 7 heteroatoms. The molecule has 0 saturated carbocycles. The summed E-state index contributed by atoms with van der Waals surface area (Å²) in [6.07, 6.45) is 0. The Hall–Kier alpha value is -0.0200. The van der Waals surface area contributed by atoms with Gasteiger partial charge >= 0.3 is 0 Å². The minimum absolute atomic E-state index is 0.0992. The van der Waals surface area contributed by atoms with Gasteiger partial charge in [0.1, 0.15) is 0 Å². The lowest BCUT2D eigenvalue weighted by Gasteiger charge is -2.14. The maximum absolute atomic E-state index is 6.18. The van der Waals surface area contributed by atoms with Crippen LogP contribution in [0.4, 0.5) is 5.69 Å². The topological polar surface area (TPSA) is 26.0 Å². The zero-order valence-electron chi connectivity index (χ0n) is 9.08. The molecular formula is C12H5Cl6N. The predicted octanol–water partition coefficient (Wildman–Crippen LogP) is 6.86. The van der Waals surface area contributed by atoms with Gasteiger partial charge in [-0.25, -0.2) is 0 Å². The molecule has 0 spiro atoms. The van der Waals surface area contributed by atoms with Gasteiger partial charge in [0.25, 0.3) is 0 Å². The zero-order valence-corrected chi connectivity index (χ0v) is 13.6. The first kappa shape index (κ1) is 15.4. The minimum Gasteiger partial charge on any atom is -0.398 e. The molecule has 2 rings (SSSR count). The van der Waals surface area contributed by atoms with Crippen LogP contribution in [0.15, 0.2) is 18.2 Å². The quantitative estimate of drug-likeness (QED) is 0.329. The average molecular weight is 376 g/mol. The molecule has 2 aromatic carbocycles. The van der Waals surface area contributed by atoms with Gasteiger partial charge in [0.2, 0.25) is 0 Å². The summed E-state index contributed by atoms with van der Waals surface area (Å²) in [4.78, 5) is 0. The second-order valence-electron chi connectivity index (χ2n) is 3.65. The second kappa shape index (κ2) is 5.77. The van der Waals surface area contributed by atoms with Gasteiger partial charge in [-0.2, -0.15) is 0 Å². The summed E-state index contributed by atoms with van der Waals surface area (Å²) >= 11 is 36.5.